The average molecular weight is 333 g/mol. The predicted molar refractivity (Wildman–Crippen MR) is 90.7 cm³/mol. The van der Waals surface area contributed by atoms with Gasteiger partial charge in [-0.25, -0.2) is 9.37 Å². The molecule has 0 fully saturated rings. The molecule has 1 heterocycles. The number of carbonyl (C=O) groups excluding carboxylic acids is 1. The molecule has 1 atom stereocenters. The van der Waals surface area contributed by atoms with Gasteiger partial charge in [0.1, 0.15) is 12.1 Å². The van der Waals surface area contributed by atoms with E-state index in [-0.39, 0.29) is 18.1 Å². The fraction of sp³-hybridized carbons (Fsp3) is 0.444. The molecule has 0 aliphatic rings. The number of rotatable bonds is 7. The number of nitrogens with two attached hydrogens (primary N) is 1. The zero-order valence-corrected chi connectivity index (χ0v) is 14.3. The van der Waals surface area contributed by atoms with Crippen LogP contribution in [0.1, 0.15) is 32.9 Å². The highest BCUT2D eigenvalue weighted by Crippen LogP contribution is 2.20. The molecule has 6 heteroatoms. The Hall–Kier alpha value is -2.21. The maximum Gasteiger partial charge on any atom is 0.226 e. The van der Waals surface area contributed by atoms with Crippen LogP contribution < -0.4 is 11.1 Å². The molecule has 1 aromatic heterocycles. The first kappa shape index (κ1) is 18.1. The molecule has 0 aliphatic carbocycles. The molecule has 24 heavy (non-hydrogen) atoms. The number of halogens is 1. The Bertz CT molecular complexity index is 682. The highest BCUT2D eigenvalue weighted by molar-refractivity contribution is 5.79. The Morgan fingerprint density at radius 3 is 2.62 bits per heavy atom. The fourth-order valence-electron chi connectivity index (χ4n) is 2.74. The van der Waals surface area contributed by atoms with E-state index in [2.05, 4.69) is 24.1 Å². The number of aromatic nitrogens is 1. The Kier molecular flexibility index (Phi) is 5.72. The number of hydrogen-bond acceptors (Lipinski definition) is 4. The molecule has 1 aromatic carbocycles. The number of nitrogens with zero attached hydrogens (tertiary/aromatic N) is 1. The molecule has 2 aromatic rings. The van der Waals surface area contributed by atoms with Gasteiger partial charge in [0.25, 0.3) is 0 Å². The smallest absolute Gasteiger partial charge is 0.226 e. The van der Waals surface area contributed by atoms with Crippen LogP contribution in [-0.4, -0.2) is 23.0 Å². The lowest BCUT2D eigenvalue weighted by molar-refractivity contribution is -0.122. The Balaban J connectivity index is 2.01. The monoisotopic (exact) mass is 333 g/mol. The number of benzene rings is 1. The second-order valence-electron chi connectivity index (χ2n) is 6.74. The second-order valence-corrected chi connectivity index (χ2v) is 6.74. The summed E-state index contributed by atoms with van der Waals surface area (Å²) in [6.45, 7) is 6.49. The summed E-state index contributed by atoms with van der Waals surface area (Å²) in [5.74, 6) is 0.316. The van der Waals surface area contributed by atoms with E-state index in [1.807, 2.05) is 6.92 Å². The van der Waals surface area contributed by atoms with Crippen LogP contribution in [0.25, 0.3) is 11.5 Å². The van der Waals surface area contributed by atoms with Crippen LogP contribution in [0.2, 0.25) is 0 Å². The third kappa shape index (κ3) is 4.89. The number of oxazole rings is 1. The molecule has 130 valence electrons. The molecule has 0 aliphatic heterocycles. The van der Waals surface area contributed by atoms with Gasteiger partial charge in [0.15, 0.2) is 0 Å². The lowest BCUT2D eigenvalue weighted by Crippen LogP contribution is -2.52. The molecule has 5 nitrogen and oxygen atoms in total. The summed E-state index contributed by atoms with van der Waals surface area (Å²) in [6, 6.07) is 5.84. The van der Waals surface area contributed by atoms with Gasteiger partial charge in [-0.15, -0.1) is 0 Å². The Morgan fingerprint density at radius 1 is 1.38 bits per heavy atom. The Morgan fingerprint density at radius 2 is 2.04 bits per heavy atom. The van der Waals surface area contributed by atoms with Gasteiger partial charge in [0.2, 0.25) is 11.8 Å². The number of nitrogens with one attached hydrogen (secondary N) is 1. The SMILES string of the molecule is CC(C)CC(C)(CN)NC(=O)Cc1coc(-c2ccc(F)cc2)n1. The first-order chi connectivity index (χ1) is 11.3. The minimum atomic E-state index is -0.436. The first-order valence-corrected chi connectivity index (χ1v) is 8.03. The highest BCUT2D eigenvalue weighted by atomic mass is 19.1. The fourth-order valence-corrected chi connectivity index (χ4v) is 2.74. The van der Waals surface area contributed by atoms with Gasteiger partial charge < -0.3 is 15.5 Å². The maximum absolute atomic E-state index is 12.9. The zero-order valence-electron chi connectivity index (χ0n) is 14.3. The predicted octanol–water partition coefficient (Wildman–Crippen LogP) is 2.90. The van der Waals surface area contributed by atoms with Gasteiger partial charge in [-0.05, 0) is 43.5 Å². The van der Waals surface area contributed by atoms with E-state index in [0.29, 0.717) is 29.6 Å². The minimum absolute atomic E-state index is 0.110. The first-order valence-electron chi connectivity index (χ1n) is 8.03. The normalized spacial score (nSPS) is 13.8. The molecule has 2 rings (SSSR count). The molecular weight excluding hydrogens is 309 g/mol. The van der Waals surface area contributed by atoms with Crippen molar-refractivity contribution in [1.82, 2.24) is 10.3 Å². The van der Waals surface area contributed by atoms with Crippen molar-refractivity contribution in [1.29, 1.82) is 0 Å². The van der Waals surface area contributed by atoms with Gasteiger partial charge in [-0.3, -0.25) is 4.79 Å². The molecule has 0 radical (unpaired) electrons. The lowest BCUT2D eigenvalue weighted by Gasteiger charge is -2.31. The maximum atomic E-state index is 12.9. The van der Waals surface area contributed by atoms with E-state index in [9.17, 15) is 9.18 Å². The van der Waals surface area contributed by atoms with E-state index in [1.165, 1.54) is 18.4 Å². The van der Waals surface area contributed by atoms with E-state index in [0.717, 1.165) is 6.42 Å². The topological polar surface area (TPSA) is 81.1 Å². The van der Waals surface area contributed by atoms with E-state index in [4.69, 9.17) is 10.2 Å². The molecule has 0 saturated heterocycles. The van der Waals surface area contributed by atoms with Crippen molar-refractivity contribution in [3.8, 4) is 11.5 Å². The third-order valence-electron chi connectivity index (χ3n) is 3.74. The summed E-state index contributed by atoms with van der Waals surface area (Å²) in [4.78, 5) is 16.5. The lowest BCUT2D eigenvalue weighted by atomic mass is 9.90. The van der Waals surface area contributed by atoms with Gasteiger partial charge in [-0.2, -0.15) is 0 Å². The largest absolute Gasteiger partial charge is 0.444 e. The average Bonchev–Trinajstić information content (AvgIpc) is 2.95. The number of hydrogen-bond donors (Lipinski definition) is 2. The summed E-state index contributed by atoms with van der Waals surface area (Å²) < 4.78 is 18.3. The van der Waals surface area contributed by atoms with Crippen LogP contribution in [-0.2, 0) is 11.2 Å². The molecule has 1 amide bonds. The molecular formula is C18H24FN3O2. The third-order valence-corrected chi connectivity index (χ3v) is 3.74. The van der Waals surface area contributed by atoms with Crippen molar-refractivity contribution >= 4 is 5.91 Å². The van der Waals surface area contributed by atoms with E-state index >= 15 is 0 Å². The summed E-state index contributed by atoms with van der Waals surface area (Å²) in [6.07, 6.45) is 2.35. The summed E-state index contributed by atoms with van der Waals surface area (Å²) in [5, 5.41) is 2.98. The van der Waals surface area contributed by atoms with Gasteiger partial charge in [0, 0.05) is 17.6 Å². The van der Waals surface area contributed by atoms with Crippen molar-refractivity contribution in [2.24, 2.45) is 11.7 Å². The van der Waals surface area contributed by atoms with E-state index < -0.39 is 5.54 Å². The van der Waals surface area contributed by atoms with Crippen LogP contribution >= 0.6 is 0 Å². The van der Waals surface area contributed by atoms with Crippen LogP contribution in [0.15, 0.2) is 34.9 Å². The summed E-state index contributed by atoms with van der Waals surface area (Å²) in [7, 11) is 0. The van der Waals surface area contributed by atoms with Crippen LogP contribution in [0, 0.1) is 11.7 Å². The van der Waals surface area contributed by atoms with Gasteiger partial charge in [0.05, 0.1) is 12.1 Å². The minimum Gasteiger partial charge on any atom is -0.444 e. The molecule has 0 spiro atoms. The Labute approximate surface area is 141 Å². The summed E-state index contributed by atoms with van der Waals surface area (Å²) >= 11 is 0. The van der Waals surface area contributed by atoms with Crippen molar-refractivity contribution in [3.63, 3.8) is 0 Å². The van der Waals surface area contributed by atoms with Crippen molar-refractivity contribution in [2.75, 3.05) is 6.54 Å². The van der Waals surface area contributed by atoms with Crippen LogP contribution in [0.4, 0.5) is 4.39 Å². The number of carbonyl (C=O) groups is 1. The molecule has 0 bridgehead atoms. The standard InChI is InChI=1S/C18H24FN3O2/c1-12(2)9-18(3,11-20)22-16(23)8-15-10-24-17(21-15)13-4-6-14(19)7-5-13/h4-7,10,12H,8-9,11,20H2,1-3H3,(H,22,23). The quantitative estimate of drug-likeness (QED) is 0.816. The summed E-state index contributed by atoms with van der Waals surface area (Å²) in [5.41, 5.74) is 6.56. The van der Waals surface area contributed by atoms with Crippen LogP contribution in [0.3, 0.4) is 0 Å². The van der Waals surface area contributed by atoms with Gasteiger partial charge in [-0.1, -0.05) is 13.8 Å². The van der Waals surface area contributed by atoms with Gasteiger partial charge >= 0.3 is 0 Å². The van der Waals surface area contributed by atoms with E-state index in [1.54, 1.807) is 12.1 Å². The highest BCUT2D eigenvalue weighted by Gasteiger charge is 2.26. The second kappa shape index (κ2) is 7.57. The molecule has 0 saturated carbocycles. The molecule has 3 N–H and O–H groups in total. The van der Waals surface area contributed by atoms with Crippen molar-refractivity contribution < 1.29 is 13.6 Å². The number of amides is 1. The molecule has 1 unspecified atom stereocenters. The van der Waals surface area contributed by atoms with Crippen LogP contribution in [0.5, 0.6) is 0 Å². The zero-order chi connectivity index (χ0) is 17.7. The van der Waals surface area contributed by atoms with Crippen molar-refractivity contribution in [2.45, 2.75) is 39.2 Å². The van der Waals surface area contributed by atoms with Crippen molar-refractivity contribution in [3.05, 3.63) is 42.0 Å².